The number of carbonyl (C=O) groups is 1. The summed E-state index contributed by atoms with van der Waals surface area (Å²) in [7, 11) is 3.35. The van der Waals surface area contributed by atoms with Crippen molar-refractivity contribution in [3.8, 4) is 11.3 Å². The van der Waals surface area contributed by atoms with E-state index in [1.165, 1.54) is 16.7 Å². The zero-order valence-corrected chi connectivity index (χ0v) is 14.7. The van der Waals surface area contributed by atoms with Crippen LogP contribution in [0, 0.1) is 0 Å². The summed E-state index contributed by atoms with van der Waals surface area (Å²) >= 11 is 13.5. The zero-order chi connectivity index (χ0) is 16.6. The van der Waals surface area contributed by atoms with Crippen LogP contribution in [0.3, 0.4) is 0 Å². The van der Waals surface area contributed by atoms with E-state index in [0.29, 0.717) is 37.2 Å². The third-order valence-electron chi connectivity index (χ3n) is 3.29. The number of nitrogens with zero attached hydrogens (tertiary/aromatic N) is 2. The van der Waals surface area contributed by atoms with Gasteiger partial charge >= 0.3 is 0 Å². The first-order valence-corrected chi connectivity index (χ1v) is 8.26. The number of hydrogen-bond acceptors (Lipinski definition) is 4. The average Bonchev–Trinajstić information content (AvgIpc) is 3.10. The Kier molecular flexibility index (Phi) is 4.53. The van der Waals surface area contributed by atoms with Crippen molar-refractivity contribution in [1.82, 2.24) is 4.90 Å². The Balaban J connectivity index is 1.93. The van der Waals surface area contributed by atoms with E-state index >= 15 is 0 Å². The third kappa shape index (κ3) is 3.17. The Labute approximate surface area is 147 Å². The standard InChI is InChI=1S/C16H12Cl2N2O2S/c1-19-16-20(2)15(21)14(23-16)8-10-4-6-13(22-10)11-7-9(17)3-5-12(11)18/h3-8H,1-2H3/b14-8+,19-16?. The molecule has 118 valence electrons. The highest BCUT2D eigenvalue weighted by Crippen LogP contribution is 2.34. The van der Waals surface area contributed by atoms with Gasteiger partial charge in [-0.15, -0.1) is 0 Å². The summed E-state index contributed by atoms with van der Waals surface area (Å²) in [4.78, 5) is 18.3. The van der Waals surface area contributed by atoms with Crippen molar-refractivity contribution in [2.75, 3.05) is 14.1 Å². The van der Waals surface area contributed by atoms with Crippen LogP contribution in [0.4, 0.5) is 0 Å². The Bertz CT molecular complexity index is 842. The van der Waals surface area contributed by atoms with Crippen molar-refractivity contribution in [2.24, 2.45) is 4.99 Å². The molecular weight excluding hydrogens is 355 g/mol. The highest BCUT2D eigenvalue weighted by atomic mass is 35.5. The van der Waals surface area contributed by atoms with E-state index in [9.17, 15) is 4.79 Å². The van der Waals surface area contributed by atoms with Gasteiger partial charge in [-0.25, -0.2) is 0 Å². The molecule has 0 atom stereocenters. The number of hydrogen-bond donors (Lipinski definition) is 0. The number of thioether (sulfide) groups is 1. The molecule has 1 saturated heterocycles. The number of benzene rings is 1. The van der Waals surface area contributed by atoms with Gasteiger partial charge in [0.2, 0.25) is 0 Å². The van der Waals surface area contributed by atoms with Crippen molar-refractivity contribution in [1.29, 1.82) is 0 Å². The summed E-state index contributed by atoms with van der Waals surface area (Å²) in [6, 6.07) is 8.76. The van der Waals surface area contributed by atoms with Gasteiger partial charge in [-0.1, -0.05) is 23.2 Å². The van der Waals surface area contributed by atoms with Gasteiger partial charge in [0.05, 0.1) is 9.93 Å². The normalized spacial score (nSPS) is 18.4. The van der Waals surface area contributed by atoms with Gasteiger partial charge in [-0.2, -0.15) is 0 Å². The lowest BCUT2D eigenvalue weighted by atomic mass is 10.2. The highest BCUT2D eigenvalue weighted by Gasteiger charge is 2.30. The van der Waals surface area contributed by atoms with E-state index in [4.69, 9.17) is 27.6 Å². The molecule has 2 aromatic rings. The molecule has 4 nitrogen and oxygen atoms in total. The first-order valence-electron chi connectivity index (χ1n) is 6.69. The third-order valence-corrected chi connectivity index (χ3v) is 5.00. The fraction of sp³-hybridized carbons (Fsp3) is 0.125. The maximum atomic E-state index is 12.1. The van der Waals surface area contributed by atoms with Crippen LogP contribution < -0.4 is 0 Å². The quantitative estimate of drug-likeness (QED) is 0.718. The van der Waals surface area contributed by atoms with Crippen LogP contribution in [0.25, 0.3) is 17.4 Å². The van der Waals surface area contributed by atoms with Crippen molar-refractivity contribution >= 4 is 52.1 Å². The van der Waals surface area contributed by atoms with Gasteiger partial charge in [-0.05, 0) is 42.1 Å². The summed E-state index contributed by atoms with van der Waals surface area (Å²) < 4.78 is 5.78. The first-order chi connectivity index (χ1) is 11.0. The van der Waals surface area contributed by atoms with E-state index in [0.717, 1.165) is 0 Å². The minimum atomic E-state index is -0.102. The summed E-state index contributed by atoms with van der Waals surface area (Å²) in [6.07, 6.45) is 1.70. The molecule has 0 spiro atoms. The molecule has 1 aromatic carbocycles. The van der Waals surface area contributed by atoms with E-state index < -0.39 is 0 Å². The van der Waals surface area contributed by atoms with Crippen LogP contribution in [0.15, 0.2) is 44.6 Å². The lowest BCUT2D eigenvalue weighted by Gasteiger charge is -2.04. The van der Waals surface area contributed by atoms with E-state index in [1.54, 1.807) is 50.5 Å². The van der Waals surface area contributed by atoms with Crippen LogP contribution in [0.2, 0.25) is 10.0 Å². The molecule has 0 radical (unpaired) electrons. The van der Waals surface area contributed by atoms with Gasteiger partial charge in [0.1, 0.15) is 11.5 Å². The predicted octanol–water partition coefficient (Wildman–Crippen LogP) is 4.79. The molecule has 1 amide bonds. The van der Waals surface area contributed by atoms with Crippen molar-refractivity contribution in [3.63, 3.8) is 0 Å². The second kappa shape index (κ2) is 6.43. The van der Waals surface area contributed by atoms with Crippen LogP contribution in [0.5, 0.6) is 0 Å². The average molecular weight is 367 g/mol. The van der Waals surface area contributed by atoms with Crippen molar-refractivity contribution in [3.05, 3.63) is 51.0 Å². The minimum absolute atomic E-state index is 0.102. The fourth-order valence-corrected chi connectivity index (χ4v) is 3.43. The smallest absolute Gasteiger partial charge is 0.266 e. The topological polar surface area (TPSA) is 45.8 Å². The van der Waals surface area contributed by atoms with Crippen LogP contribution >= 0.6 is 35.0 Å². The van der Waals surface area contributed by atoms with E-state index in [2.05, 4.69) is 4.99 Å². The molecule has 1 aliphatic rings. The number of likely N-dealkylation sites (N-methyl/N-ethyl adjacent to an activating group) is 1. The zero-order valence-electron chi connectivity index (χ0n) is 12.3. The molecular formula is C16H12Cl2N2O2S. The molecule has 0 bridgehead atoms. The first kappa shape index (κ1) is 16.2. The number of amides is 1. The summed E-state index contributed by atoms with van der Waals surface area (Å²) in [5, 5.41) is 1.79. The highest BCUT2D eigenvalue weighted by molar-refractivity contribution is 8.18. The molecule has 1 fully saturated rings. The fourth-order valence-electron chi connectivity index (χ4n) is 2.14. The molecule has 1 aromatic heterocycles. The molecule has 1 aliphatic heterocycles. The van der Waals surface area contributed by atoms with Gasteiger partial charge in [0, 0.05) is 30.8 Å². The van der Waals surface area contributed by atoms with Gasteiger partial charge in [-0.3, -0.25) is 14.7 Å². The van der Waals surface area contributed by atoms with Crippen LogP contribution in [0.1, 0.15) is 5.76 Å². The Morgan fingerprint density at radius 3 is 2.74 bits per heavy atom. The monoisotopic (exact) mass is 366 g/mol. The molecule has 0 saturated carbocycles. The molecule has 7 heteroatoms. The Morgan fingerprint density at radius 2 is 2.04 bits per heavy atom. The van der Waals surface area contributed by atoms with E-state index in [1.807, 2.05) is 0 Å². The largest absolute Gasteiger partial charge is 0.457 e. The van der Waals surface area contributed by atoms with Crippen LogP contribution in [-0.2, 0) is 4.79 Å². The molecule has 0 aliphatic carbocycles. The number of aliphatic imine (C=N–C) groups is 1. The number of carbonyl (C=O) groups excluding carboxylic acids is 1. The number of rotatable bonds is 2. The number of amidine groups is 1. The number of furan rings is 1. The van der Waals surface area contributed by atoms with Gasteiger partial charge in [0.15, 0.2) is 5.17 Å². The van der Waals surface area contributed by atoms with Crippen molar-refractivity contribution in [2.45, 2.75) is 0 Å². The van der Waals surface area contributed by atoms with E-state index in [-0.39, 0.29) is 5.91 Å². The molecule has 2 heterocycles. The lowest BCUT2D eigenvalue weighted by molar-refractivity contribution is -0.121. The number of halogens is 2. The van der Waals surface area contributed by atoms with Gasteiger partial charge in [0.25, 0.3) is 5.91 Å². The maximum Gasteiger partial charge on any atom is 0.266 e. The molecule has 3 rings (SSSR count). The Morgan fingerprint density at radius 1 is 1.26 bits per heavy atom. The SMILES string of the molecule is CN=C1S/C(=C/c2ccc(-c3cc(Cl)ccc3Cl)o2)C(=O)N1C. The predicted molar refractivity (Wildman–Crippen MR) is 95.9 cm³/mol. The Hall–Kier alpha value is -1.69. The van der Waals surface area contributed by atoms with Crippen molar-refractivity contribution < 1.29 is 9.21 Å². The summed E-state index contributed by atoms with van der Waals surface area (Å²) in [5.41, 5.74) is 0.710. The molecule has 23 heavy (non-hydrogen) atoms. The second-order valence-corrected chi connectivity index (χ2v) is 6.66. The molecule has 0 N–H and O–H groups in total. The van der Waals surface area contributed by atoms with Gasteiger partial charge < -0.3 is 4.42 Å². The summed E-state index contributed by atoms with van der Waals surface area (Å²) in [6.45, 7) is 0. The van der Waals surface area contributed by atoms with Crippen LogP contribution in [-0.4, -0.2) is 30.1 Å². The minimum Gasteiger partial charge on any atom is -0.457 e. The second-order valence-electron chi connectivity index (χ2n) is 4.81. The molecule has 0 unspecified atom stereocenters. The lowest BCUT2D eigenvalue weighted by Crippen LogP contribution is -2.23. The summed E-state index contributed by atoms with van der Waals surface area (Å²) in [5.74, 6) is 1.06. The maximum absolute atomic E-state index is 12.1.